The molecule has 6 atom stereocenters. The van der Waals surface area contributed by atoms with Gasteiger partial charge in [0.2, 0.25) is 0 Å². The maximum atomic E-state index is 13.7. The largest absolute Gasteiger partial charge is 0.415 e. The van der Waals surface area contributed by atoms with Gasteiger partial charge in [-0.3, -0.25) is 4.79 Å². The van der Waals surface area contributed by atoms with Crippen molar-refractivity contribution in [2.75, 3.05) is 14.2 Å². The maximum absolute atomic E-state index is 13.7. The number of hydrogen-bond donors (Lipinski definition) is 2. The first-order chi connectivity index (χ1) is 22.2. The van der Waals surface area contributed by atoms with Gasteiger partial charge in [-0.15, -0.1) is 0 Å². The summed E-state index contributed by atoms with van der Waals surface area (Å²) in [5.41, 5.74) is 4.73. The normalized spacial score (nSPS) is 27.6. The van der Waals surface area contributed by atoms with E-state index in [9.17, 15) is 14.7 Å². The minimum Gasteiger partial charge on any atom is -0.410 e. The van der Waals surface area contributed by atoms with E-state index in [0.717, 1.165) is 50.4 Å². The van der Waals surface area contributed by atoms with Crippen molar-refractivity contribution >= 4 is 50.8 Å². The molecule has 3 aliphatic heterocycles. The Kier molecular flexibility index (Phi) is 5.68. The smallest absolute Gasteiger partial charge is 0.410 e. The van der Waals surface area contributed by atoms with Gasteiger partial charge in [0.05, 0.1) is 28.2 Å². The van der Waals surface area contributed by atoms with Crippen molar-refractivity contribution in [1.82, 2.24) is 19.4 Å². The van der Waals surface area contributed by atoms with E-state index < -0.39 is 36.4 Å². The predicted octanol–water partition coefficient (Wildman–Crippen LogP) is 6.12. The third-order valence-corrected chi connectivity index (χ3v) is 10.6. The Morgan fingerprint density at radius 1 is 1.09 bits per heavy atom. The molecule has 2 aromatic heterocycles. The zero-order chi connectivity index (χ0) is 31.6. The molecule has 9 rings (SSSR count). The minimum absolute atomic E-state index is 0.119. The fourth-order valence-corrected chi connectivity index (χ4v) is 8.77. The number of benzene rings is 3. The molecule has 1 fully saturated rings. The standard InChI is InChI=1S/C36H34N4O6/c1-18-11-10-16-22-25(18)27-29-28(33(41)37-34(29)42)26-20-14-8-9-15-21(20)39-24-17-23(38(3)35(43)45-19-12-6-5-7-13-19)32(44-4)36(2,46-24)40(22)31(27)30(26)39/h5-10,12-16,18,23-24,32,34,42H,11,17H2,1-4H3,(H,37,41)/t18?,23-,24-,32-,34?,36+/m1/s1. The lowest BCUT2D eigenvalue weighted by molar-refractivity contribution is -0.266. The summed E-state index contributed by atoms with van der Waals surface area (Å²) in [7, 11) is 3.40. The zero-order valence-corrected chi connectivity index (χ0v) is 26.0. The van der Waals surface area contributed by atoms with Gasteiger partial charge in [-0.2, -0.15) is 0 Å². The van der Waals surface area contributed by atoms with Gasteiger partial charge in [0.25, 0.3) is 5.91 Å². The number of aromatic nitrogens is 2. The highest BCUT2D eigenvalue weighted by atomic mass is 16.6. The van der Waals surface area contributed by atoms with Crippen LogP contribution < -0.4 is 10.1 Å². The van der Waals surface area contributed by atoms with Gasteiger partial charge in [-0.1, -0.05) is 49.4 Å². The van der Waals surface area contributed by atoms with Crippen molar-refractivity contribution in [3.05, 3.63) is 83.1 Å². The number of carbonyl (C=O) groups excluding carboxylic acids is 2. The predicted molar refractivity (Wildman–Crippen MR) is 173 cm³/mol. The number of allylic oxidation sites excluding steroid dienone is 1. The number of aliphatic hydroxyl groups is 1. The molecule has 46 heavy (non-hydrogen) atoms. The number of amides is 2. The average Bonchev–Trinajstić information content (AvgIpc) is 3.66. The van der Waals surface area contributed by atoms with E-state index in [1.165, 1.54) is 0 Å². The van der Waals surface area contributed by atoms with Crippen LogP contribution in [0.1, 0.15) is 72.2 Å². The van der Waals surface area contributed by atoms with Crippen LogP contribution in [0.3, 0.4) is 0 Å². The Hall–Kier alpha value is -4.64. The Morgan fingerprint density at radius 3 is 2.63 bits per heavy atom. The summed E-state index contributed by atoms with van der Waals surface area (Å²) in [6, 6.07) is 16.6. The van der Waals surface area contributed by atoms with Crippen LogP contribution >= 0.6 is 0 Å². The number of methoxy groups -OCH3 is 1. The van der Waals surface area contributed by atoms with Crippen LogP contribution in [-0.4, -0.2) is 57.4 Å². The Balaban J connectivity index is 1.38. The molecule has 5 aromatic rings. The number of hydrogen-bond acceptors (Lipinski definition) is 6. The zero-order valence-electron chi connectivity index (χ0n) is 26.0. The molecule has 10 nitrogen and oxygen atoms in total. The highest BCUT2D eigenvalue weighted by Gasteiger charge is 2.56. The lowest BCUT2D eigenvalue weighted by Crippen LogP contribution is -2.61. The molecule has 4 aliphatic rings. The van der Waals surface area contributed by atoms with E-state index in [-0.39, 0.29) is 11.8 Å². The quantitative estimate of drug-likeness (QED) is 0.252. The first kappa shape index (κ1) is 27.7. The van der Waals surface area contributed by atoms with Crippen LogP contribution in [0, 0.1) is 0 Å². The number of fused-ring (bicyclic) bond motifs is 13. The van der Waals surface area contributed by atoms with E-state index in [1.807, 2.05) is 49.4 Å². The van der Waals surface area contributed by atoms with Crippen LogP contribution in [0.25, 0.3) is 38.8 Å². The van der Waals surface area contributed by atoms with Crippen molar-refractivity contribution in [3.63, 3.8) is 0 Å². The van der Waals surface area contributed by atoms with Gasteiger partial charge in [0.1, 0.15) is 18.1 Å². The number of nitrogens with one attached hydrogen (secondary N) is 1. The van der Waals surface area contributed by atoms with Crippen molar-refractivity contribution < 1.29 is 28.9 Å². The highest BCUT2D eigenvalue weighted by molar-refractivity contribution is 6.28. The fourth-order valence-electron chi connectivity index (χ4n) is 8.77. The molecule has 0 radical (unpaired) electrons. The van der Waals surface area contributed by atoms with Gasteiger partial charge in [0, 0.05) is 48.0 Å². The highest BCUT2D eigenvalue weighted by Crippen LogP contribution is 2.56. The number of carbonyl (C=O) groups is 2. The van der Waals surface area contributed by atoms with Crippen LogP contribution in [0.15, 0.2) is 60.7 Å². The number of ether oxygens (including phenoxy) is 3. The van der Waals surface area contributed by atoms with Crippen LogP contribution in [0.4, 0.5) is 4.79 Å². The Labute approximate surface area is 264 Å². The molecule has 2 amide bonds. The number of para-hydroxylation sites is 2. The molecule has 0 spiro atoms. The first-order valence-electron chi connectivity index (χ1n) is 15.8. The molecular formula is C36H34N4O6. The molecule has 2 N–H and O–H groups in total. The van der Waals surface area contributed by atoms with Crippen LogP contribution in [0.5, 0.6) is 5.75 Å². The summed E-state index contributed by atoms with van der Waals surface area (Å²) < 4.78 is 23.8. The van der Waals surface area contributed by atoms with Gasteiger partial charge in [-0.05, 0) is 49.1 Å². The van der Waals surface area contributed by atoms with Crippen molar-refractivity contribution in [3.8, 4) is 5.75 Å². The maximum Gasteiger partial charge on any atom is 0.415 e. The molecule has 0 saturated carbocycles. The van der Waals surface area contributed by atoms with E-state index in [0.29, 0.717) is 23.3 Å². The molecule has 3 aromatic carbocycles. The first-order valence-corrected chi connectivity index (χ1v) is 15.8. The third-order valence-electron chi connectivity index (χ3n) is 10.6. The summed E-state index contributed by atoms with van der Waals surface area (Å²) >= 11 is 0. The number of aliphatic hydroxyl groups excluding tert-OH is 1. The lowest BCUT2D eigenvalue weighted by atomic mass is 9.87. The summed E-state index contributed by atoms with van der Waals surface area (Å²) in [5, 5.41) is 16.8. The van der Waals surface area contributed by atoms with Gasteiger partial charge in [0.15, 0.2) is 12.0 Å². The SMILES string of the molecule is CO[C@@H]1[C@H](N(C)C(=O)Oc2ccccc2)C[C@H]2O[C@]1(C)n1c3c(c4c5c(c6c7ccccc7n2c6c41)C(=O)NC5O)C(C)CC=C3. The van der Waals surface area contributed by atoms with E-state index in [4.69, 9.17) is 14.2 Å². The van der Waals surface area contributed by atoms with Gasteiger partial charge < -0.3 is 38.7 Å². The number of nitrogens with zero attached hydrogens (tertiary/aromatic N) is 3. The molecule has 2 bridgehead atoms. The molecular weight excluding hydrogens is 584 g/mol. The van der Waals surface area contributed by atoms with Crippen LogP contribution in [-0.2, 0) is 15.2 Å². The molecule has 1 saturated heterocycles. The molecule has 234 valence electrons. The molecule has 10 heteroatoms. The van der Waals surface area contributed by atoms with Crippen LogP contribution in [0.2, 0.25) is 0 Å². The van der Waals surface area contributed by atoms with Gasteiger partial charge in [-0.25, -0.2) is 4.79 Å². The minimum atomic E-state index is -1.15. The third kappa shape index (κ3) is 3.36. The molecule has 1 aliphatic carbocycles. The topological polar surface area (TPSA) is 107 Å². The number of rotatable bonds is 3. The van der Waals surface area contributed by atoms with E-state index >= 15 is 0 Å². The second-order valence-electron chi connectivity index (χ2n) is 13.1. The summed E-state index contributed by atoms with van der Waals surface area (Å²) in [4.78, 5) is 29.0. The second-order valence-corrected chi connectivity index (χ2v) is 13.1. The molecule has 2 unspecified atom stereocenters. The number of likely N-dealkylation sites (N-methyl/N-ethyl adjacent to an activating group) is 1. The van der Waals surface area contributed by atoms with Crippen molar-refractivity contribution in [1.29, 1.82) is 0 Å². The second kappa shape index (κ2) is 9.45. The average molecular weight is 619 g/mol. The van der Waals surface area contributed by atoms with Crippen molar-refractivity contribution in [2.24, 2.45) is 0 Å². The summed E-state index contributed by atoms with van der Waals surface area (Å²) in [6.45, 7) is 4.20. The summed E-state index contributed by atoms with van der Waals surface area (Å²) in [5.74, 6) is 0.290. The molecule has 5 heterocycles. The summed E-state index contributed by atoms with van der Waals surface area (Å²) in [6.07, 6.45) is 2.76. The fraction of sp³-hybridized carbons (Fsp3) is 0.333. The van der Waals surface area contributed by atoms with E-state index in [1.54, 1.807) is 31.2 Å². The van der Waals surface area contributed by atoms with Gasteiger partial charge >= 0.3 is 6.09 Å². The van der Waals surface area contributed by atoms with Crippen molar-refractivity contribution in [2.45, 2.75) is 62.9 Å². The monoisotopic (exact) mass is 618 g/mol. The lowest BCUT2D eigenvalue weighted by Gasteiger charge is -2.50. The Bertz CT molecular complexity index is 2170. The van der Waals surface area contributed by atoms with E-state index in [2.05, 4.69) is 33.5 Å². The Morgan fingerprint density at radius 2 is 1.85 bits per heavy atom.